The minimum atomic E-state index is -1.35. The number of benzene rings is 6. The number of halogens is 1. The Morgan fingerprint density at radius 2 is 1.20 bits per heavy atom. The van der Waals surface area contributed by atoms with E-state index in [4.69, 9.17) is 23.8 Å². The lowest BCUT2D eigenvalue weighted by atomic mass is 9.77. The summed E-state index contributed by atoms with van der Waals surface area (Å²) >= 11 is 1.24. The number of nitrogens with zero attached hydrogens (tertiary/aromatic N) is 2. The molecular formula is C47H40FN3O7S. The van der Waals surface area contributed by atoms with Gasteiger partial charge in [-0.25, -0.2) is 14.2 Å². The highest BCUT2D eigenvalue weighted by Crippen LogP contribution is 2.41. The molecule has 0 saturated carbocycles. The summed E-state index contributed by atoms with van der Waals surface area (Å²) in [7, 11) is 3.16. The first-order chi connectivity index (χ1) is 28.9. The lowest BCUT2D eigenvalue weighted by Gasteiger charge is -2.36. The van der Waals surface area contributed by atoms with Gasteiger partial charge in [-0.3, -0.25) is 0 Å². The molecule has 0 fully saturated rings. The average Bonchev–Trinajstić information content (AvgIpc) is 3.74. The minimum absolute atomic E-state index is 0.0651. The molecule has 1 aromatic heterocycles. The van der Waals surface area contributed by atoms with Crippen LogP contribution in [0.5, 0.6) is 23.0 Å². The molecule has 0 aliphatic carbocycles. The number of carbonyl (C=O) groups is 1. The Labute approximate surface area is 345 Å². The van der Waals surface area contributed by atoms with Gasteiger partial charge in [0.25, 0.3) is 0 Å². The molecule has 0 atom stereocenters. The molecule has 1 heterocycles. The van der Waals surface area contributed by atoms with Crippen molar-refractivity contribution in [3.8, 4) is 23.0 Å². The SMILES string of the molecule is COc1ccc(COc2cc(CON=C(C(=O)O)c3csc(NC(c4ccccc4)(c4ccccc4)c4ccccc4)n3)cc(F)c2OCc2ccc(OC)cc2)cc1. The van der Waals surface area contributed by atoms with Gasteiger partial charge in [-0.05, 0) is 69.8 Å². The van der Waals surface area contributed by atoms with Crippen LogP contribution in [0.1, 0.15) is 39.1 Å². The van der Waals surface area contributed by atoms with Crippen LogP contribution in [0.2, 0.25) is 0 Å². The maximum atomic E-state index is 15.8. The van der Waals surface area contributed by atoms with Crippen LogP contribution in [0, 0.1) is 5.82 Å². The van der Waals surface area contributed by atoms with E-state index in [1.54, 1.807) is 49.9 Å². The van der Waals surface area contributed by atoms with Crippen LogP contribution < -0.4 is 24.3 Å². The number of aromatic nitrogens is 1. The lowest BCUT2D eigenvalue weighted by molar-refractivity contribution is -0.129. The van der Waals surface area contributed by atoms with Crippen LogP contribution in [0.3, 0.4) is 0 Å². The quantitative estimate of drug-likeness (QED) is 0.0496. The number of thiazole rings is 1. The number of carboxylic acids is 1. The number of anilines is 1. The van der Waals surface area contributed by atoms with E-state index in [1.165, 1.54) is 17.4 Å². The number of rotatable bonds is 18. The van der Waals surface area contributed by atoms with Gasteiger partial charge in [0, 0.05) is 5.38 Å². The van der Waals surface area contributed by atoms with E-state index < -0.39 is 23.0 Å². The van der Waals surface area contributed by atoms with Gasteiger partial charge in [0.05, 0.1) is 14.2 Å². The second-order valence-electron chi connectivity index (χ2n) is 13.2. The summed E-state index contributed by atoms with van der Waals surface area (Å²) in [4.78, 5) is 22.8. The molecular weight excluding hydrogens is 770 g/mol. The Morgan fingerprint density at radius 3 is 1.69 bits per heavy atom. The van der Waals surface area contributed by atoms with E-state index >= 15 is 4.39 Å². The minimum Gasteiger partial charge on any atom is -0.497 e. The molecule has 0 aliphatic heterocycles. The normalized spacial score (nSPS) is 11.4. The maximum absolute atomic E-state index is 15.8. The molecule has 7 aromatic rings. The molecule has 59 heavy (non-hydrogen) atoms. The van der Waals surface area contributed by atoms with E-state index in [1.807, 2.05) is 115 Å². The molecule has 0 bridgehead atoms. The molecule has 0 unspecified atom stereocenters. The summed E-state index contributed by atoms with van der Waals surface area (Å²) in [6.07, 6.45) is 0. The molecule has 0 spiro atoms. The number of oxime groups is 1. The first-order valence-electron chi connectivity index (χ1n) is 18.5. The summed E-state index contributed by atoms with van der Waals surface area (Å²) in [6.45, 7) is -0.108. The van der Waals surface area contributed by atoms with Crippen LogP contribution in [-0.4, -0.2) is 36.0 Å². The van der Waals surface area contributed by atoms with Crippen LogP contribution >= 0.6 is 11.3 Å². The topological polar surface area (TPSA) is 121 Å². The number of aliphatic carboxylic acids is 1. The third-order valence-corrected chi connectivity index (χ3v) is 10.2. The summed E-state index contributed by atoms with van der Waals surface area (Å²) in [5.41, 5.74) is 3.61. The first kappa shape index (κ1) is 40.0. The number of hydrogen-bond donors (Lipinski definition) is 2. The van der Waals surface area contributed by atoms with E-state index in [2.05, 4.69) is 15.5 Å². The van der Waals surface area contributed by atoms with Crippen molar-refractivity contribution in [3.63, 3.8) is 0 Å². The first-order valence-corrected chi connectivity index (χ1v) is 19.4. The number of methoxy groups -OCH3 is 2. The standard InChI is InChI=1S/C47H40FN3O7S/c1-54-38-22-18-32(19-23-38)28-56-42-27-34(26-40(48)44(42)57-29-33-20-24-39(55-2)25-21-33)30-58-51-43(45(52)53)41-31-59-46(49-41)50-47(35-12-6-3-7-13-35,36-14-8-4-9-15-36)37-16-10-5-11-17-37/h3-27,31H,28-30H2,1-2H3,(H,49,50)(H,52,53). The van der Waals surface area contributed by atoms with Crippen molar-refractivity contribution in [3.05, 3.63) is 202 Å². The predicted molar refractivity (Wildman–Crippen MR) is 225 cm³/mol. The van der Waals surface area contributed by atoms with Gasteiger partial charge in [-0.2, -0.15) is 0 Å². The Hall–Kier alpha value is -7.18. The van der Waals surface area contributed by atoms with Crippen LogP contribution in [-0.2, 0) is 35.0 Å². The van der Waals surface area contributed by atoms with Gasteiger partial charge in [-0.1, -0.05) is 120 Å². The molecule has 10 nitrogen and oxygen atoms in total. The molecule has 0 aliphatic rings. The molecule has 0 amide bonds. The zero-order valence-corrected chi connectivity index (χ0v) is 33.0. The van der Waals surface area contributed by atoms with Crippen molar-refractivity contribution in [2.75, 3.05) is 19.5 Å². The van der Waals surface area contributed by atoms with Gasteiger partial charge in [0.1, 0.15) is 42.6 Å². The maximum Gasteiger partial charge on any atom is 0.360 e. The van der Waals surface area contributed by atoms with E-state index in [9.17, 15) is 9.90 Å². The van der Waals surface area contributed by atoms with Crippen LogP contribution in [0.4, 0.5) is 9.52 Å². The van der Waals surface area contributed by atoms with Gasteiger partial charge >= 0.3 is 5.97 Å². The number of hydrogen-bond acceptors (Lipinski definition) is 10. The van der Waals surface area contributed by atoms with Crippen molar-refractivity contribution in [1.82, 2.24) is 4.98 Å². The molecule has 0 saturated heterocycles. The van der Waals surface area contributed by atoms with Crippen molar-refractivity contribution in [2.45, 2.75) is 25.4 Å². The van der Waals surface area contributed by atoms with Gasteiger partial charge < -0.3 is 34.2 Å². The fourth-order valence-electron chi connectivity index (χ4n) is 6.46. The third-order valence-electron chi connectivity index (χ3n) is 9.42. The van der Waals surface area contributed by atoms with Crippen molar-refractivity contribution >= 4 is 28.1 Å². The largest absolute Gasteiger partial charge is 0.497 e. The lowest BCUT2D eigenvalue weighted by Crippen LogP contribution is -2.38. The smallest absolute Gasteiger partial charge is 0.360 e. The highest BCUT2D eigenvalue weighted by Gasteiger charge is 2.37. The Kier molecular flexibility index (Phi) is 12.8. The Morgan fingerprint density at radius 1 is 0.695 bits per heavy atom. The molecule has 0 radical (unpaired) electrons. The predicted octanol–water partition coefficient (Wildman–Crippen LogP) is 9.87. The summed E-state index contributed by atoms with van der Waals surface area (Å²) < 4.78 is 38.3. The van der Waals surface area contributed by atoms with Crippen molar-refractivity contribution in [2.24, 2.45) is 5.16 Å². The molecule has 2 N–H and O–H groups in total. The number of ether oxygens (including phenoxy) is 4. The van der Waals surface area contributed by atoms with Gasteiger partial charge in [-0.15, -0.1) is 11.3 Å². The summed E-state index contributed by atoms with van der Waals surface area (Å²) in [5, 5.41) is 19.9. The van der Waals surface area contributed by atoms with Crippen LogP contribution in [0.15, 0.2) is 162 Å². The molecule has 298 valence electrons. The van der Waals surface area contributed by atoms with E-state index in [0.29, 0.717) is 22.2 Å². The Bertz CT molecular complexity index is 2390. The number of carboxylic acid groups (broad SMARTS) is 1. The van der Waals surface area contributed by atoms with E-state index in [-0.39, 0.29) is 37.0 Å². The van der Waals surface area contributed by atoms with Crippen LogP contribution in [0.25, 0.3) is 0 Å². The second-order valence-corrected chi connectivity index (χ2v) is 14.1. The summed E-state index contributed by atoms with van der Waals surface area (Å²) in [5.74, 6) is -0.629. The fraction of sp³-hybridized carbons (Fsp3) is 0.128. The number of nitrogens with one attached hydrogen (secondary N) is 1. The third kappa shape index (κ3) is 9.52. The van der Waals surface area contributed by atoms with Gasteiger partial charge in [0.2, 0.25) is 5.71 Å². The molecule has 7 rings (SSSR count). The van der Waals surface area contributed by atoms with Crippen molar-refractivity contribution < 1.29 is 38.1 Å². The monoisotopic (exact) mass is 809 g/mol. The second kappa shape index (κ2) is 18.8. The zero-order chi connectivity index (χ0) is 41.0. The average molecular weight is 810 g/mol. The van der Waals surface area contributed by atoms with Crippen molar-refractivity contribution in [1.29, 1.82) is 0 Å². The fourth-order valence-corrected chi connectivity index (χ4v) is 7.21. The molecule has 6 aromatic carbocycles. The zero-order valence-electron chi connectivity index (χ0n) is 32.2. The molecule has 12 heteroatoms. The highest BCUT2D eigenvalue weighted by molar-refractivity contribution is 7.14. The van der Waals surface area contributed by atoms with Gasteiger partial charge in [0.15, 0.2) is 22.4 Å². The van der Waals surface area contributed by atoms with E-state index in [0.717, 1.165) is 27.8 Å². The Balaban J connectivity index is 1.13. The highest BCUT2D eigenvalue weighted by atomic mass is 32.1. The summed E-state index contributed by atoms with van der Waals surface area (Å²) in [6, 6.07) is 47.3.